The van der Waals surface area contributed by atoms with E-state index in [1.54, 1.807) is 18.6 Å². The molecular formula is C28H34ClF2N7O2S. The molecule has 3 aromatic heterocycles. The topological polar surface area (TPSA) is 110 Å². The van der Waals surface area contributed by atoms with E-state index in [9.17, 15) is 8.42 Å². The molecule has 220 valence electrons. The fraction of sp³-hybridized carbons (Fsp3) is 0.393. The van der Waals surface area contributed by atoms with E-state index in [1.165, 1.54) is 23.0 Å². The van der Waals surface area contributed by atoms with Crippen LogP contribution in [0.15, 0.2) is 49.2 Å². The lowest BCUT2D eigenvalue weighted by molar-refractivity contribution is 0.220. The van der Waals surface area contributed by atoms with E-state index in [4.69, 9.17) is 10.1 Å². The van der Waals surface area contributed by atoms with Gasteiger partial charge in [0, 0.05) is 55.9 Å². The number of piperidine rings is 1. The molecule has 9 nitrogen and oxygen atoms in total. The maximum Gasteiger partial charge on any atom is 0.209 e. The number of halogens is 3. The first-order chi connectivity index (χ1) is 19.2. The molecule has 4 aromatic rings. The minimum absolute atomic E-state index is 0. The molecule has 0 amide bonds. The predicted molar refractivity (Wildman–Crippen MR) is 159 cm³/mol. The second-order valence-corrected chi connectivity index (χ2v) is 11.9. The maximum atomic E-state index is 15.8. The van der Waals surface area contributed by atoms with Gasteiger partial charge in [-0.25, -0.2) is 37.3 Å². The zero-order valence-corrected chi connectivity index (χ0v) is 24.6. The van der Waals surface area contributed by atoms with Crippen LogP contribution in [0.25, 0.3) is 27.8 Å². The number of hydrogen-bond donors (Lipinski definition) is 1. The van der Waals surface area contributed by atoms with Crippen LogP contribution in [-0.2, 0) is 16.4 Å². The average molecular weight is 606 g/mol. The van der Waals surface area contributed by atoms with Crippen molar-refractivity contribution in [3.63, 3.8) is 0 Å². The van der Waals surface area contributed by atoms with Crippen molar-refractivity contribution in [2.24, 2.45) is 5.14 Å². The van der Waals surface area contributed by atoms with Crippen LogP contribution in [0.2, 0.25) is 0 Å². The molecule has 2 N–H and O–H groups in total. The van der Waals surface area contributed by atoms with Crippen LogP contribution in [0, 0.1) is 11.6 Å². The van der Waals surface area contributed by atoms with Gasteiger partial charge < -0.3 is 14.4 Å². The summed E-state index contributed by atoms with van der Waals surface area (Å²) in [4.78, 5) is 17.9. The molecule has 1 aliphatic rings. The summed E-state index contributed by atoms with van der Waals surface area (Å²) >= 11 is 0. The Bertz CT molecular complexity index is 1610. The molecule has 0 bridgehead atoms. The molecule has 0 aliphatic carbocycles. The maximum absolute atomic E-state index is 15.8. The summed E-state index contributed by atoms with van der Waals surface area (Å²) in [5, 5.41) is 5.09. The lowest BCUT2D eigenvalue weighted by atomic mass is 10.0. The van der Waals surface area contributed by atoms with Crippen molar-refractivity contribution in [3.8, 4) is 16.8 Å². The average Bonchev–Trinajstić information content (AvgIpc) is 3.32. The van der Waals surface area contributed by atoms with E-state index in [2.05, 4.69) is 26.7 Å². The second-order valence-electron chi connectivity index (χ2n) is 10.2. The van der Waals surface area contributed by atoms with Crippen LogP contribution < -0.4 is 10.0 Å². The van der Waals surface area contributed by atoms with Gasteiger partial charge in [0.2, 0.25) is 10.0 Å². The Morgan fingerprint density at radius 2 is 1.80 bits per heavy atom. The summed E-state index contributed by atoms with van der Waals surface area (Å²) in [6, 6.07) is 6.57. The highest BCUT2D eigenvalue weighted by molar-refractivity contribution is 7.89. The lowest BCUT2D eigenvalue weighted by Crippen LogP contribution is -2.43. The van der Waals surface area contributed by atoms with Gasteiger partial charge in [-0.1, -0.05) is 13.0 Å². The molecule has 4 heterocycles. The van der Waals surface area contributed by atoms with Crippen LogP contribution in [0.4, 0.5) is 14.6 Å². The fourth-order valence-electron chi connectivity index (χ4n) is 5.40. The molecule has 13 heteroatoms. The third kappa shape index (κ3) is 6.66. The van der Waals surface area contributed by atoms with E-state index >= 15 is 8.78 Å². The number of aryl methyl sites for hydroxylation is 1. The number of aromatic nitrogens is 4. The molecule has 5 rings (SSSR count). The van der Waals surface area contributed by atoms with Gasteiger partial charge in [-0.05, 0) is 56.0 Å². The highest BCUT2D eigenvalue weighted by Gasteiger charge is 2.25. The van der Waals surface area contributed by atoms with Crippen LogP contribution >= 0.6 is 12.4 Å². The van der Waals surface area contributed by atoms with E-state index < -0.39 is 21.7 Å². The molecule has 0 atom stereocenters. The lowest BCUT2D eigenvalue weighted by Gasteiger charge is -2.36. The van der Waals surface area contributed by atoms with Crippen LogP contribution in [-0.4, -0.2) is 71.3 Å². The molecular weight excluding hydrogens is 572 g/mol. The summed E-state index contributed by atoms with van der Waals surface area (Å²) in [5.41, 5.74) is 2.36. The third-order valence-corrected chi connectivity index (χ3v) is 8.54. The summed E-state index contributed by atoms with van der Waals surface area (Å²) in [7, 11) is -1.65. The SMILES string of the molecule is CCN1CCC(N(C)c2ccc3c(n2)c(-c2cncnc2)cn3-c2c(F)ccc(CCCS(N)(=O)=O)c2F)CC1.Cl. The number of anilines is 1. The summed E-state index contributed by atoms with van der Waals surface area (Å²) < 4.78 is 55.2. The second kappa shape index (κ2) is 12.8. The number of fused-ring (bicyclic) bond motifs is 1. The van der Waals surface area contributed by atoms with Gasteiger partial charge in [0.1, 0.15) is 23.6 Å². The highest BCUT2D eigenvalue weighted by Crippen LogP contribution is 2.35. The molecule has 1 saturated heterocycles. The number of rotatable bonds is 9. The number of sulfonamides is 1. The first-order valence-electron chi connectivity index (χ1n) is 13.4. The van der Waals surface area contributed by atoms with Gasteiger partial charge in [0.25, 0.3) is 0 Å². The van der Waals surface area contributed by atoms with Crippen molar-refractivity contribution in [1.29, 1.82) is 0 Å². The van der Waals surface area contributed by atoms with Crippen LogP contribution in [0.1, 0.15) is 31.7 Å². The van der Waals surface area contributed by atoms with Crippen molar-refractivity contribution in [3.05, 3.63) is 66.4 Å². The van der Waals surface area contributed by atoms with Gasteiger partial charge in [-0.2, -0.15) is 0 Å². The first-order valence-corrected chi connectivity index (χ1v) is 15.1. The van der Waals surface area contributed by atoms with Crippen molar-refractivity contribution in [2.45, 2.75) is 38.6 Å². The normalized spacial score (nSPS) is 14.8. The quantitative estimate of drug-likeness (QED) is 0.302. The molecule has 0 spiro atoms. The molecule has 1 fully saturated rings. The van der Waals surface area contributed by atoms with E-state index in [0.29, 0.717) is 28.2 Å². The molecule has 0 radical (unpaired) electrons. The standard InChI is InChI=1S/C28H33F2N7O2S.ClH/c1-3-36-12-10-21(11-13-36)35(2)25-9-8-24-27(34-25)22(20-15-32-18-33-16-20)17-37(24)28-23(29)7-6-19(26(28)30)5-4-14-40(31,38)39;/h6-9,15-18,21H,3-5,10-14H2,1-2H3,(H2,31,38,39);1H. The molecule has 1 aliphatic heterocycles. The van der Waals surface area contributed by atoms with E-state index in [-0.39, 0.29) is 42.3 Å². The zero-order valence-electron chi connectivity index (χ0n) is 23.0. The molecule has 41 heavy (non-hydrogen) atoms. The highest BCUT2D eigenvalue weighted by atomic mass is 35.5. The van der Waals surface area contributed by atoms with Crippen molar-refractivity contribution < 1.29 is 17.2 Å². The summed E-state index contributed by atoms with van der Waals surface area (Å²) in [6.07, 6.45) is 8.62. The Kier molecular flexibility index (Phi) is 9.58. The monoisotopic (exact) mass is 605 g/mol. The Morgan fingerprint density at radius 1 is 1.10 bits per heavy atom. The van der Waals surface area contributed by atoms with Crippen molar-refractivity contribution >= 4 is 39.3 Å². The smallest absolute Gasteiger partial charge is 0.209 e. The summed E-state index contributed by atoms with van der Waals surface area (Å²) in [5.74, 6) is -1.02. The number of nitrogens with zero attached hydrogens (tertiary/aromatic N) is 6. The van der Waals surface area contributed by atoms with E-state index in [1.807, 2.05) is 19.2 Å². The number of nitrogens with two attached hydrogens (primary N) is 1. The number of likely N-dealkylation sites (tertiary alicyclic amines) is 1. The van der Waals surface area contributed by atoms with Crippen molar-refractivity contribution in [2.75, 3.05) is 37.3 Å². The van der Waals surface area contributed by atoms with Crippen LogP contribution in [0.3, 0.4) is 0 Å². The fourth-order valence-corrected chi connectivity index (χ4v) is 5.94. The molecule has 0 saturated carbocycles. The first kappa shape index (κ1) is 30.8. The minimum Gasteiger partial charge on any atom is -0.357 e. The van der Waals surface area contributed by atoms with Gasteiger partial charge in [0.05, 0.1) is 16.8 Å². The number of hydrogen-bond acceptors (Lipinski definition) is 7. The Balaban J connectivity index is 0.00000387. The predicted octanol–water partition coefficient (Wildman–Crippen LogP) is 4.32. The Morgan fingerprint density at radius 3 is 2.46 bits per heavy atom. The van der Waals surface area contributed by atoms with Gasteiger partial charge >= 0.3 is 0 Å². The Hall–Kier alpha value is -3.19. The zero-order chi connectivity index (χ0) is 28.4. The Labute approximate surface area is 244 Å². The molecule has 0 unspecified atom stereocenters. The summed E-state index contributed by atoms with van der Waals surface area (Å²) in [6.45, 7) is 5.27. The van der Waals surface area contributed by atoms with E-state index in [0.717, 1.165) is 38.3 Å². The largest absolute Gasteiger partial charge is 0.357 e. The van der Waals surface area contributed by atoms with Gasteiger partial charge in [-0.15, -0.1) is 12.4 Å². The third-order valence-electron chi connectivity index (χ3n) is 7.68. The molecule has 1 aromatic carbocycles. The minimum atomic E-state index is -3.69. The number of benzene rings is 1. The van der Waals surface area contributed by atoms with Gasteiger partial charge in [0.15, 0.2) is 5.82 Å². The van der Waals surface area contributed by atoms with Crippen LogP contribution in [0.5, 0.6) is 0 Å². The van der Waals surface area contributed by atoms with Gasteiger partial charge in [-0.3, -0.25) is 0 Å². The number of pyridine rings is 1. The number of primary sulfonamides is 1. The van der Waals surface area contributed by atoms with Crippen molar-refractivity contribution in [1.82, 2.24) is 24.4 Å².